The van der Waals surface area contributed by atoms with Crippen molar-refractivity contribution in [2.75, 3.05) is 65.4 Å². The van der Waals surface area contributed by atoms with Gasteiger partial charge in [0.1, 0.15) is 12.2 Å². The van der Waals surface area contributed by atoms with Gasteiger partial charge in [-0.15, -0.1) is 0 Å². The Balaban J connectivity index is 1.75. The maximum absolute atomic E-state index is 12.3. The third-order valence-electron chi connectivity index (χ3n) is 4.26. The van der Waals surface area contributed by atoms with Crippen molar-refractivity contribution >= 4 is 17.5 Å². The number of carbonyl (C=O) groups is 2. The molecule has 0 aromatic heterocycles. The Morgan fingerprint density at radius 2 is 1.76 bits per heavy atom. The Bertz CT molecular complexity index is 566. The largest absolute Gasteiger partial charge is 0.497 e. The lowest BCUT2D eigenvalue weighted by molar-refractivity contribution is -0.136. The summed E-state index contributed by atoms with van der Waals surface area (Å²) in [6, 6.07) is 7.92. The Labute approximate surface area is 149 Å². The van der Waals surface area contributed by atoms with Crippen molar-refractivity contribution in [3.63, 3.8) is 0 Å². The van der Waals surface area contributed by atoms with E-state index < -0.39 is 0 Å². The fourth-order valence-corrected chi connectivity index (χ4v) is 2.74. The van der Waals surface area contributed by atoms with Gasteiger partial charge in [-0.05, 0) is 38.4 Å². The average molecular weight is 348 g/mol. The Morgan fingerprint density at radius 3 is 2.32 bits per heavy atom. The first-order valence-corrected chi connectivity index (χ1v) is 8.58. The van der Waals surface area contributed by atoms with Gasteiger partial charge in [0.25, 0.3) is 0 Å². The average Bonchev–Trinajstić information content (AvgIpc) is 2.61. The van der Waals surface area contributed by atoms with Crippen LogP contribution in [0.5, 0.6) is 5.75 Å². The van der Waals surface area contributed by atoms with Crippen molar-refractivity contribution < 1.29 is 14.3 Å². The van der Waals surface area contributed by atoms with Gasteiger partial charge in [-0.2, -0.15) is 0 Å². The summed E-state index contributed by atoms with van der Waals surface area (Å²) in [6.45, 7) is 4.12. The van der Waals surface area contributed by atoms with Crippen molar-refractivity contribution in [2.24, 2.45) is 0 Å². The quantitative estimate of drug-likeness (QED) is 0.723. The minimum Gasteiger partial charge on any atom is -0.497 e. The Hall–Kier alpha value is -2.28. The molecule has 0 aliphatic carbocycles. The van der Waals surface area contributed by atoms with Crippen LogP contribution in [0.15, 0.2) is 24.3 Å². The number of amides is 2. The summed E-state index contributed by atoms with van der Waals surface area (Å²) in [5.41, 5.74) is 1.12. The van der Waals surface area contributed by atoms with Crippen LogP contribution in [0.3, 0.4) is 0 Å². The predicted molar refractivity (Wildman–Crippen MR) is 98.0 cm³/mol. The molecule has 2 amide bonds. The van der Waals surface area contributed by atoms with Crippen molar-refractivity contribution in [3.8, 4) is 5.75 Å². The van der Waals surface area contributed by atoms with E-state index >= 15 is 0 Å². The summed E-state index contributed by atoms with van der Waals surface area (Å²) in [5.74, 6) is 0.527. The molecule has 0 radical (unpaired) electrons. The molecule has 1 heterocycles. The lowest BCUT2D eigenvalue weighted by Gasteiger charge is -2.36. The van der Waals surface area contributed by atoms with Gasteiger partial charge < -0.3 is 24.8 Å². The Kier molecular flexibility index (Phi) is 7.06. The minimum atomic E-state index is -0.204. The molecule has 1 aliphatic rings. The minimum absolute atomic E-state index is 0.0734. The van der Waals surface area contributed by atoms with E-state index in [9.17, 15) is 9.59 Å². The second-order valence-corrected chi connectivity index (χ2v) is 6.40. The van der Waals surface area contributed by atoms with Gasteiger partial charge in [0.05, 0.1) is 7.11 Å². The molecule has 1 aliphatic heterocycles. The lowest BCUT2D eigenvalue weighted by Crippen LogP contribution is -2.49. The first-order valence-electron chi connectivity index (χ1n) is 8.58. The van der Waals surface area contributed by atoms with E-state index in [1.807, 2.05) is 43.3 Å². The third kappa shape index (κ3) is 5.94. The van der Waals surface area contributed by atoms with Gasteiger partial charge in [-0.25, -0.2) is 0 Å². The van der Waals surface area contributed by atoms with Crippen LogP contribution >= 0.6 is 0 Å². The molecule has 138 valence electrons. The molecular formula is C18H28N4O3. The number of hydrogen-bond donors (Lipinski definition) is 1. The van der Waals surface area contributed by atoms with Gasteiger partial charge in [-0.1, -0.05) is 0 Å². The zero-order valence-corrected chi connectivity index (χ0v) is 15.3. The second kappa shape index (κ2) is 9.27. The molecule has 1 aromatic carbocycles. The number of ether oxygens (including phenoxy) is 1. The number of hydrogen-bond acceptors (Lipinski definition) is 5. The molecule has 1 saturated heterocycles. The Morgan fingerprint density at radius 1 is 1.12 bits per heavy atom. The lowest BCUT2D eigenvalue weighted by atomic mass is 10.2. The van der Waals surface area contributed by atoms with Gasteiger partial charge in [-0.3, -0.25) is 9.59 Å². The van der Waals surface area contributed by atoms with Crippen LogP contribution in [0.25, 0.3) is 0 Å². The summed E-state index contributed by atoms with van der Waals surface area (Å²) in [6.07, 6.45) is -0.0734. The van der Waals surface area contributed by atoms with E-state index in [4.69, 9.17) is 4.74 Å². The maximum Gasteiger partial charge on any atom is 0.232 e. The first kappa shape index (κ1) is 19.1. The van der Waals surface area contributed by atoms with Gasteiger partial charge in [0.15, 0.2) is 0 Å². The normalized spacial score (nSPS) is 14.6. The van der Waals surface area contributed by atoms with Gasteiger partial charge >= 0.3 is 0 Å². The fourth-order valence-electron chi connectivity index (χ4n) is 2.74. The highest BCUT2D eigenvalue weighted by atomic mass is 16.5. The summed E-state index contributed by atoms with van der Waals surface area (Å²) >= 11 is 0. The van der Waals surface area contributed by atoms with E-state index in [0.717, 1.165) is 31.1 Å². The van der Waals surface area contributed by atoms with Gasteiger partial charge in [0, 0.05) is 45.0 Å². The molecule has 7 nitrogen and oxygen atoms in total. The fraction of sp³-hybridized carbons (Fsp3) is 0.556. The molecule has 0 spiro atoms. The molecule has 1 N–H and O–H groups in total. The number of nitrogens with zero attached hydrogens (tertiary/aromatic N) is 3. The van der Waals surface area contributed by atoms with Crippen molar-refractivity contribution in [3.05, 3.63) is 24.3 Å². The van der Waals surface area contributed by atoms with E-state index in [2.05, 4.69) is 10.2 Å². The predicted octanol–water partition coefficient (Wildman–Crippen LogP) is 0.412. The third-order valence-corrected chi connectivity index (χ3v) is 4.26. The summed E-state index contributed by atoms with van der Waals surface area (Å²) < 4.78 is 5.17. The zero-order chi connectivity index (χ0) is 18.2. The number of rotatable bonds is 7. The van der Waals surface area contributed by atoms with Crippen molar-refractivity contribution in [2.45, 2.75) is 6.42 Å². The second-order valence-electron chi connectivity index (χ2n) is 6.40. The standard InChI is InChI=1S/C18H28N4O3/c1-20(2)9-8-19-17(23)14-18(24)22-12-10-21(11-13-22)15-4-6-16(25-3)7-5-15/h4-7H,8-14H2,1-3H3,(H,19,23). The summed E-state index contributed by atoms with van der Waals surface area (Å²) in [4.78, 5) is 30.1. The highest BCUT2D eigenvalue weighted by Gasteiger charge is 2.22. The highest BCUT2D eigenvalue weighted by molar-refractivity contribution is 5.96. The number of benzene rings is 1. The number of methoxy groups -OCH3 is 1. The monoisotopic (exact) mass is 348 g/mol. The van der Waals surface area contributed by atoms with Crippen LogP contribution in [0.4, 0.5) is 5.69 Å². The van der Waals surface area contributed by atoms with E-state index in [1.165, 1.54) is 0 Å². The molecule has 25 heavy (non-hydrogen) atoms. The molecule has 0 unspecified atom stereocenters. The molecule has 0 bridgehead atoms. The van der Waals surface area contributed by atoms with E-state index in [1.54, 1.807) is 12.0 Å². The number of piperazine rings is 1. The first-order chi connectivity index (χ1) is 12.0. The smallest absolute Gasteiger partial charge is 0.232 e. The van der Waals surface area contributed by atoms with Crippen LogP contribution in [-0.4, -0.2) is 82.1 Å². The SMILES string of the molecule is COc1ccc(N2CCN(C(=O)CC(=O)NCCN(C)C)CC2)cc1. The van der Waals surface area contributed by atoms with Crippen LogP contribution in [0, 0.1) is 0 Å². The number of likely N-dealkylation sites (N-methyl/N-ethyl adjacent to an activating group) is 1. The molecule has 1 aromatic rings. The van der Waals surface area contributed by atoms with E-state index in [0.29, 0.717) is 19.6 Å². The van der Waals surface area contributed by atoms with E-state index in [-0.39, 0.29) is 18.2 Å². The van der Waals surface area contributed by atoms with Crippen LogP contribution in [0.2, 0.25) is 0 Å². The van der Waals surface area contributed by atoms with Crippen molar-refractivity contribution in [1.29, 1.82) is 0 Å². The van der Waals surface area contributed by atoms with Gasteiger partial charge in [0.2, 0.25) is 11.8 Å². The number of nitrogens with one attached hydrogen (secondary N) is 1. The van der Waals surface area contributed by atoms with Crippen LogP contribution in [0.1, 0.15) is 6.42 Å². The molecule has 1 fully saturated rings. The number of anilines is 1. The molecule has 7 heteroatoms. The maximum atomic E-state index is 12.3. The summed E-state index contributed by atoms with van der Waals surface area (Å²) in [5, 5.41) is 2.78. The molecule has 2 rings (SSSR count). The van der Waals surface area contributed by atoms with Crippen LogP contribution in [-0.2, 0) is 9.59 Å². The topological polar surface area (TPSA) is 65.1 Å². The van der Waals surface area contributed by atoms with Crippen molar-refractivity contribution in [1.82, 2.24) is 15.1 Å². The summed E-state index contributed by atoms with van der Waals surface area (Å²) in [7, 11) is 5.54. The molecule has 0 atom stereocenters. The molecule has 0 saturated carbocycles. The number of carbonyl (C=O) groups excluding carboxylic acids is 2. The zero-order valence-electron chi connectivity index (χ0n) is 15.3. The highest BCUT2D eigenvalue weighted by Crippen LogP contribution is 2.20. The molecular weight excluding hydrogens is 320 g/mol. The van der Waals surface area contributed by atoms with Crippen LogP contribution < -0.4 is 15.0 Å².